The number of urea groups is 1. The van der Waals surface area contributed by atoms with Crippen molar-refractivity contribution in [3.8, 4) is 0 Å². The predicted octanol–water partition coefficient (Wildman–Crippen LogP) is 4.16. The summed E-state index contributed by atoms with van der Waals surface area (Å²) in [4.78, 5) is 40.0. The van der Waals surface area contributed by atoms with Crippen molar-refractivity contribution in [1.82, 2.24) is 25.1 Å². The fraction of sp³-hybridized carbons (Fsp3) is 0.462. The van der Waals surface area contributed by atoms with Gasteiger partial charge in [-0.25, -0.2) is 9.78 Å². The van der Waals surface area contributed by atoms with E-state index in [4.69, 9.17) is 0 Å². The quantitative estimate of drug-likeness (QED) is 0.517. The molecule has 4 heterocycles. The zero-order chi connectivity index (χ0) is 23.7. The molecule has 1 aromatic carbocycles. The van der Waals surface area contributed by atoms with Gasteiger partial charge < -0.3 is 5.32 Å². The van der Waals surface area contributed by atoms with Gasteiger partial charge in [0, 0.05) is 36.0 Å². The number of rotatable bonds is 7. The largest absolute Gasteiger partial charge is 0.325 e. The number of likely N-dealkylation sites (tertiary alicyclic amines) is 1. The van der Waals surface area contributed by atoms with Crippen LogP contribution in [0.1, 0.15) is 42.3 Å². The molecule has 34 heavy (non-hydrogen) atoms. The van der Waals surface area contributed by atoms with Crippen molar-refractivity contribution < 1.29 is 9.59 Å². The summed E-state index contributed by atoms with van der Waals surface area (Å²) in [5, 5.41) is 4.28. The SMILES string of the molecule is CCC1(C2CCN(Cc3ccc4ncccc4c3)CC2)NC(=O)N(CCc2scnc2C)C1=O. The van der Waals surface area contributed by atoms with Gasteiger partial charge in [-0.3, -0.25) is 19.6 Å². The first-order chi connectivity index (χ1) is 16.5. The third-order valence-corrected chi connectivity index (χ3v) is 8.52. The minimum absolute atomic E-state index is 0.0531. The van der Waals surface area contributed by atoms with Crippen LogP contribution in [0.3, 0.4) is 0 Å². The Morgan fingerprint density at radius 3 is 2.74 bits per heavy atom. The highest BCUT2D eigenvalue weighted by molar-refractivity contribution is 7.09. The second-order valence-electron chi connectivity index (χ2n) is 9.40. The van der Waals surface area contributed by atoms with Crippen LogP contribution in [-0.4, -0.2) is 56.9 Å². The van der Waals surface area contributed by atoms with E-state index in [0.717, 1.165) is 53.9 Å². The highest BCUT2D eigenvalue weighted by Crippen LogP contribution is 2.36. The van der Waals surface area contributed by atoms with Crippen LogP contribution in [0, 0.1) is 12.8 Å². The topological polar surface area (TPSA) is 78.4 Å². The van der Waals surface area contributed by atoms with E-state index in [1.54, 1.807) is 11.3 Å². The number of benzene rings is 1. The molecule has 0 aliphatic carbocycles. The van der Waals surface area contributed by atoms with Crippen molar-refractivity contribution in [3.63, 3.8) is 0 Å². The molecule has 178 valence electrons. The molecule has 1 atom stereocenters. The molecule has 5 rings (SSSR count). The smallest absolute Gasteiger partial charge is 0.323 e. The van der Waals surface area contributed by atoms with E-state index in [9.17, 15) is 9.59 Å². The first-order valence-corrected chi connectivity index (χ1v) is 13.0. The molecule has 1 N–H and O–H groups in total. The number of piperidine rings is 1. The van der Waals surface area contributed by atoms with E-state index in [-0.39, 0.29) is 17.9 Å². The molecule has 0 bridgehead atoms. The van der Waals surface area contributed by atoms with Crippen LogP contribution < -0.4 is 5.32 Å². The lowest BCUT2D eigenvalue weighted by Crippen LogP contribution is -2.55. The first kappa shape index (κ1) is 22.9. The lowest BCUT2D eigenvalue weighted by molar-refractivity contribution is -0.134. The number of carbonyl (C=O) groups excluding carboxylic acids is 2. The van der Waals surface area contributed by atoms with Crippen LogP contribution in [0.15, 0.2) is 42.0 Å². The summed E-state index contributed by atoms with van der Waals surface area (Å²) < 4.78 is 0. The second kappa shape index (κ2) is 9.43. The minimum atomic E-state index is -0.777. The van der Waals surface area contributed by atoms with Gasteiger partial charge in [0.15, 0.2) is 0 Å². The number of fused-ring (bicyclic) bond motifs is 1. The lowest BCUT2D eigenvalue weighted by Gasteiger charge is -2.40. The molecule has 8 heteroatoms. The van der Waals surface area contributed by atoms with E-state index < -0.39 is 5.54 Å². The Labute approximate surface area is 204 Å². The number of amides is 3. The molecule has 2 aromatic heterocycles. The van der Waals surface area contributed by atoms with Crippen LogP contribution in [0.5, 0.6) is 0 Å². The highest BCUT2D eigenvalue weighted by atomic mass is 32.1. The summed E-state index contributed by atoms with van der Waals surface area (Å²) in [6.45, 7) is 7.12. The normalized spacial score (nSPS) is 22.0. The Morgan fingerprint density at radius 2 is 2.00 bits per heavy atom. The van der Waals surface area contributed by atoms with Crippen molar-refractivity contribution in [2.75, 3.05) is 19.6 Å². The molecule has 1 unspecified atom stereocenters. The van der Waals surface area contributed by atoms with Crippen LogP contribution in [0.2, 0.25) is 0 Å². The lowest BCUT2D eigenvalue weighted by atomic mass is 9.75. The van der Waals surface area contributed by atoms with E-state index in [1.807, 2.05) is 31.6 Å². The molecule has 3 aromatic rings. The van der Waals surface area contributed by atoms with Crippen molar-refractivity contribution in [1.29, 1.82) is 0 Å². The van der Waals surface area contributed by atoms with Gasteiger partial charge in [-0.15, -0.1) is 11.3 Å². The third kappa shape index (κ3) is 4.20. The molecule has 7 nitrogen and oxygen atoms in total. The van der Waals surface area contributed by atoms with E-state index >= 15 is 0 Å². The number of nitrogens with zero attached hydrogens (tertiary/aromatic N) is 4. The highest BCUT2D eigenvalue weighted by Gasteiger charge is 2.54. The third-order valence-electron chi connectivity index (χ3n) is 7.53. The van der Waals surface area contributed by atoms with Gasteiger partial charge in [-0.1, -0.05) is 19.1 Å². The number of pyridine rings is 1. The van der Waals surface area contributed by atoms with Crippen molar-refractivity contribution >= 4 is 34.2 Å². The molecule has 3 amide bonds. The predicted molar refractivity (Wildman–Crippen MR) is 134 cm³/mol. The Bertz CT molecular complexity index is 1200. The zero-order valence-corrected chi connectivity index (χ0v) is 20.6. The average molecular weight is 478 g/mol. The van der Waals surface area contributed by atoms with Gasteiger partial charge in [0.25, 0.3) is 5.91 Å². The van der Waals surface area contributed by atoms with Gasteiger partial charge in [0.05, 0.1) is 16.7 Å². The molecule has 0 saturated carbocycles. The molecule has 0 spiro atoms. The molecular weight excluding hydrogens is 446 g/mol. The molecular formula is C26H31N5O2S. The number of aromatic nitrogens is 2. The van der Waals surface area contributed by atoms with Gasteiger partial charge in [0.2, 0.25) is 0 Å². The average Bonchev–Trinajstić information content (AvgIpc) is 3.38. The Morgan fingerprint density at radius 1 is 1.18 bits per heavy atom. The molecule has 0 radical (unpaired) electrons. The number of nitrogens with one attached hydrogen (secondary N) is 1. The fourth-order valence-electron chi connectivity index (χ4n) is 5.50. The van der Waals surface area contributed by atoms with E-state index in [0.29, 0.717) is 19.4 Å². The second-order valence-corrected chi connectivity index (χ2v) is 10.3. The zero-order valence-electron chi connectivity index (χ0n) is 19.8. The number of imide groups is 1. The molecule has 2 aliphatic heterocycles. The Kier molecular flexibility index (Phi) is 6.36. The molecule has 2 saturated heterocycles. The summed E-state index contributed by atoms with van der Waals surface area (Å²) in [6.07, 6.45) is 4.90. The van der Waals surface area contributed by atoms with E-state index in [1.165, 1.54) is 10.5 Å². The molecule has 2 fully saturated rings. The minimum Gasteiger partial charge on any atom is -0.323 e. The molecule has 2 aliphatic rings. The van der Waals surface area contributed by atoms with Gasteiger partial charge in [0.1, 0.15) is 5.54 Å². The standard InChI is InChI=1S/C26H31N5O2S/c1-3-26(24(32)31(25(33)29-26)14-10-23-18(2)28-17-34-23)21-8-12-30(13-9-21)16-19-6-7-22-20(15-19)5-4-11-27-22/h4-7,11,15,17,21H,3,8-10,12-14,16H2,1-2H3,(H,29,33). The first-order valence-electron chi connectivity index (χ1n) is 12.1. The number of thiazole rings is 1. The van der Waals surface area contributed by atoms with Crippen LogP contribution in [-0.2, 0) is 17.8 Å². The summed E-state index contributed by atoms with van der Waals surface area (Å²) >= 11 is 1.58. The Hall–Kier alpha value is -2.84. The fourth-order valence-corrected chi connectivity index (χ4v) is 6.27. The van der Waals surface area contributed by atoms with E-state index in [2.05, 4.69) is 44.5 Å². The Balaban J connectivity index is 1.22. The van der Waals surface area contributed by atoms with Crippen LogP contribution in [0.4, 0.5) is 4.79 Å². The van der Waals surface area contributed by atoms with Crippen molar-refractivity contribution in [3.05, 3.63) is 58.2 Å². The maximum Gasteiger partial charge on any atom is 0.325 e. The number of aryl methyl sites for hydroxylation is 1. The van der Waals surface area contributed by atoms with Crippen molar-refractivity contribution in [2.24, 2.45) is 5.92 Å². The van der Waals surface area contributed by atoms with Crippen LogP contribution >= 0.6 is 11.3 Å². The van der Waals surface area contributed by atoms with Gasteiger partial charge in [-0.2, -0.15) is 0 Å². The summed E-state index contributed by atoms with van der Waals surface area (Å²) in [7, 11) is 0. The number of carbonyl (C=O) groups is 2. The number of hydrogen-bond donors (Lipinski definition) is 1. The maximum atomic E-state index is 13.5. The summed E-state index contributed by atoms with van der Waals surface area (Å²) in [5.41, 5.74) is 4.31. The maximum absolute atomic E-state index is 13.5. The summed E-state index contributed by atoms with van der Waals surface area (Å²) in [6, 6.07) is 10.3. The van der Waals surface area contributed by atoms with Crippen molar-refractivity contribution in [2.45, 2.75) is 51.6 Å². The van der Waals surface area contributed by atoms with Gasteiger partial charge >= 0.3 is 6.03 Å². The monoisotopic (exact) mass is 477 g/mol. The summed E-state index contributed by atoms with van der Waals surface area (Å²) in [5.74, 6) is 0.101. The number of hydrogen-bond acceptors (Lipinski definition) is 6. The van der Waals surface area contributed by atoms with Crippen LogP contribution in [0.25, 0.3) is 10.9 Å². The van der Waals surface area contributed by atoms with Gasteiger partial charge in [-0.05, 0) is 69.0 Å².